The molecule has 0 aromatic heterocycles. The Hall–Kier alpha value is -1.24. The van der Waals surface area contributed by atoms with E-state index < -0.39 is 15.6 Å². The number of Topliss-reactive ketones (excluding diaryl/α,β-unsaturated/α-hetero) is 1. The first-order chi connectivity index (χ1) is 9.32. The molecule has 0 amide bonds. The molecule has 1 aromatic rings. The Labute approximate surface area is 119 Å². The van der Waals surface area contributed by atoms with Crippen LogP contribution in [0.5, 0.6) is 0 Å². The van der Waals surface area contributed by atoms with E-state index in [1.807, 2.05) is 6.92 Å². The lowest BCUT2D eigenvalue weighted by Gasteiger charge is -2.33. The summed E-state index contributed by atoms with van der Waals surface area (Å²) in [6.07, 6.45) is 1.56. The van der Waals surface area contributed by atoms with E-state index in [1.165, 1.54) is 19.1 Å². The van der Waals surface area contributed by atoms with Gasteiger partial charge in [0.15, 0.2) is 5.78 Å². The average molecular weight is 297 g/mol. The quantitative estimate of drug-likeness (QED) is 0.859. The minimum Gasteiger partial charge on any atom is -0.380 e. The molecule has 1 unspecified atom stereocenters. The molecule has 1 aliphatic rings. The highest BCUT2D eigenvalue weighted by Gasteiger charge is 2.33. The number of hydrogen-bond acceptors (Lipinski definition) is 4. The first-order valence-corrected chi connectivity index (χ1v) is 8.03. The van der Waals surface area contributed by atoms with E-state index in [4.69, 9.17) is 4.74 Å². The topological polar surface area (TPSA) is 72.5 Å². The Bertz CT molecular complexity index is 603. The average Bonchev–Trinajstić information content (AvgIpc) is 2.38. The molecule has 1 fully saturated rings. The predicted octanol–water partition coefficient (Wildman–Crippen LogP) is 1.74. The largest absolute Gasteiger partial charge is 0.380 e. The summed E-state index contributed by atoms with van der Waals surface area (Å²) >= 11 is 0. The summed E-state index contributed by atoms with van der Waals surface area (Å²) in [6.45, 7) is 4.27. The molecule has 1 saturated heterocycles. The monoisotopic (exact) mass is 297 g/mol. The van der Waals surface area contributed by atoms with Crippen LogP contribution in [0.3, 0.4) is 0 Å². The highest BCUT2D eigenvalue weighted by atomic mass is 32.2. The van der Waals surface area contributed by atoms with Gasteiger partial charge in [-0.1, -0.05) is 12.1 Å². The Morgan fingerprint density at radius 3 is 2.75 bits per heavy atom. The standard InChI is InChI=1S/C14H19NO4S/c1-11(16)12-5-3-6-13(9-12)20(17,18)15-14(2)7-4-8-19-10-14/h3,5-6,9,15H,4,7-8,10H2,1-2H3. The lowest BCUT2D eigenvalue weighted by Crippen LogP contribution is -2.51. The van der Waals surface area contributed by atoms with Gasteiger partial charge in [-0.15, -0.1) is 0 Å². The maximum absolute atomic E-state index is 12.4. The van der Waals surface area contributed by atoms with Gasteiger partial charge in [-0.25, -0.2) is 13.1 Å². The molecule has 0 bridgehead atoms. The molecule has 0 saturated carbocycles. The van der Waals surface area contributed by atoms with Gasteiger partial charge in [0.1, 0.15) is 0 Å². The van der Waals surface area contributed by atoms with Crippen LogP contribution < -0.4 is 4.72 Å². The SMILES string of the molecule is CC(=O)c1cccc(S(=O)(=O)NC2(C)CCCOC2)c1. The van der Waals surface area contributed by atoms with Crippen LogP contribution >= 0.6 is 0 Å². The zero-order valence-corrected chi connectivity index (χ0v) is 12.5. The summed E-state index contributed by atoms with van der Waals surface area (Å²) < 4.78 is 32.8. The van der Waals surface area contributed by atoms with Crippen molar-refractivity contribution in [2.24, 2.45) is 0 Å². The third-order valence-corrected chi connectivity index (χ3v) is 5.01. The summed E-state index contributed by atoms with van der Waals surface area (Å²) in [5, 5.41) is 0. The molecular weight excluding hydrogens is 278 g/mol. The van der Waals surface area contributed by atoms with Crippen molar-refractivity contribution in [3.8, 4) is 0 Å². The molecule has 1 heterocycles. The summed E-state index contributed by atoms with van der Waals surface area (Å²) in [4.78, 5) is 11.5. The molecule has 1 aliphatic heterocycles. The molecule has 1 aromatic carbocycles. The van der Waals surface area contributed by atoms with E-state index in [1.54, 1.807) is 12.1 Å². The van der Waals surface area contributed by atoms with Gasteiger partial charge in [-0.3, -0.25) is 4.79 Å². The maximum atomic E-state index is 12.4. The number of benzene rings is 1. The van der Waals surface area contributed by atoms with Crippen LogP contribution in [-0.2, 0) is 14.8 Å². The zero-order chi connectivity index (χ0) is 14.8. The molecule has 1 atom stereocenters. The van der Waals surface area contributed by atoms with Gasteiger partial charge >= 0.3 is 0 Å². The van der Waals surface area contributed by atoms with Crippen LogP contribution in [0.15, 0.2) is 29.2 Å². The normalized spacial score (nSPS) is 23.5. The van der Waals surface area contributed by atoms with E-state index in [2.05, 4.69) is 4.72 Å². The van der Waals surface area contributed by atoms with Crippen molar-refractivity contribution in [2.45, 2.75) is 37.1 Å². The highest BCUT2D eigenvalue weighted by Crippen LogP contribution is 2.22. The van der Waals surface area contributed by atoms with Crippen LogP contribution in [0.2, 0.25) is 0 Å². The van der Waals surface area contributed by atoms with Crippen LogP contribution in [0, 0.1) is 0 Å². The third-order valence-electron chi connectivity index (χ3n) is 3.37. The van der Waals surface area contributed by atoms with Crippen LogP contribution in [0.1, 0.15) is 37.0 Å². The van der Waals surface area contributed by atoms with E-state index in [0.717, 1.165) is 12.8 Å². The Morgan fingerprint density at radius 1 is 1.40 bits per heavy atom. The van der Waals surface area contributed by atoms with Gasteiger partial charge in [0, 0.05) is 12.2 Å². The summed E-state index contributed by atoms with van der Waals surface area (Å²) in [5.41, 5.74) is -0.207. The van der Waals surface area contributed by atoms with Crippen molar-refractivity contribution < 1.29 is 17.9 Å². The lowest BCUT2D eigenvalue weighted by molar-refractivity contribution is 0.0386. The zero-order valence-electron chi connectivity index (χ0n) is 11.7. The molecule has 5 nitrogen and oxygen atoms in total. The van der Waals surface area contributed by atoms with E-state index >= 15 is 0 Å². The second kappa shape index (κ2) is 5.63. The first-order valence-electron chi connectivity index (χ1n) is 6.55. The van der Waals surface area contributed by atoms with Gasteiger partial charge in [0.2, 0.25) is 10.0 Å². The minimum absolute atomic E-state index is 0.108. The third kappa shape index (κ3) is 3.45. The molecule has 0 spiro atoms. The van der Waals surface area contributed by atoms with E-state index in [0.29, 0.717) is 18.8 Å². The Balaban J connectivity index is 2.26. The summed E-state index contributed by atoms with van der Waals surface area (Å²) in [5.74, 6) is -0.158. The van der Waals surface area contributed by atoms with Crippen LogP contribution in [-0.4, -0.2) is 33.0 Å². The minimum atomic E-state index is -3.66. The van der Waals surface area contributed by atoms with Crippen LogP contribution in [0.25, 0.3) is 0 Å². The molecule has 110 valence electrons. The summed E-state index contributed by atoms with van der Waals surface area (Å²) in [6, 6.07) is 6.07. The van der Waals surface area contributed by atoms with E-state index in [9.17, 15) is 13.2 Å². The number of carbonyl (C=O) groups is 1. The fraction of sp³-hybridized carbons (Fsp3) is 0.500. The number of hydrogen-bond donors (Lipinski definition) is 1. The second-order valence-corrected chi connectivity index (χ2v) is 7.09. The van der Waals surface area contributed by atoms with Gasteiger partial charge < -0.3 is 4.74 Å². The van der Waals surface area contributed by atoms with Gasteiger partial charge in [0.25, 0.3) is 0 Å². The number of nitrogens with one attached hydrogen (secondary N) is 1. The Kier molecular flexibility index (Phi) is 4.27. The first kappa shape index (κ1) is 15.2. The number of ether oxygens (including phenoxy) is 1. The predicted molar refractivity (Wildman–Crippen MR) is 75.2 cm³/mol. The van der Waals surface area contributed by atoms with Crippen molar-refractivity contribution in [3.05, 3.63) is 29.8 Å². The van der Waals surface area contributed by atoms with Crippen molar-refractivity contribution in [1.29, 1.82) is 0 Å². The molecule has 20 heavy (non-hydrogen) atoms. The summed E-state index contributed by atoms with van der Waals surface area (Å²) in [7, 11) is -3.66. The number of ketones is 1. The van der Waals surface area contributed by atoms with Crippen molar-refractivity contribution >= 4 is 15.8 Å². The fourth-order valence-electron chi connectivity index (χ4n) is 2.28. The molecule has 0 aliphatic carbocycles. The molecule has 0 radical (unpaired) electrons. The van der Waals surface area contributed by atoms with E-state index in [-0.39, 0.29) is 10.7 Å². The number of carbonyl (C=O) groups excluding carboxylic acids is 1. The molecular formula is C14H19NO4S. The number of sulfonamides is 1. The lowest BCUT2D eigenvalue weighted by atomic mass is 9.97. The van der Waals surface area contributed by atoms with Crippen molar-refractivity contribution in [1.82, 2.24) is 4.72 Å². The number of rotatable bonds is 4. The van der Waals surface area contributed by atoms with Gasteiger partial charge in [-0.2, -0.15) is 0 Å². The van der Waals surface area contributed by atoms with Crippen LogP contribution in [0.4, 0.5) is 0 Å². The highest BCUT2D eigenvalue weighted by molar-refractivity contribution is 7.89. The Morgan fingerprint density at radius 2 is 2.15 bits per heavy atom. The molecule has 1 N–H and O–H groups in total. The van der Waals surface area contributed by atoms with Crippen molar-refractivity contribution in [3.63, 3.8) is 0 Å². The fourth-order valence-corrected chi connectivity index (χ4v) is 3.75. The smallest absolute Gasteiger partial charge is 0.241 e. The van der Waals surface area contributed by atoms with Gasteiger partial charge in [0.05, 0.1) is 17.0 Å². The second-order valence-electron chi connectivity index (χ2n) is 5.41. The molecule has 6 heteroatoms. The maximum Gasteiger partial charge on any atom is 0.241 e. The van der Waals surface area contributed by atoms with Crippen molar-refractivity contribution in [2.75, 3.05) is 13.2 Å². The van der Waals surface area contributed by atoms with Gasteiger partial charge in [-0.05, 0) is 38.8 Å². The molecule has 2 rings (SSSR count).